The molecule has 0 amide bonds. The Labute approximate surface area is 118 Å². The van der Waals surface area contributed by atoms with Gasteiger partial charge in [-0.25, -0.2) is 4.98 Å². The van der Waals surface area contributed by atoms with Crippen LogP contribution in [0, 0.1) is 24.2 Å². The van der Waals surface area contributed by atoms with Crippen molar-refractivity contribution in [3.63, 3.8) is 0 Å². The third-order valence-corrected chi connectivity index (χ3v) is 4.06. The summed E-state index contributed by atoms with van der Waals surface area (Å²) in [6.07, 6.45) is 4.25. The number of aryl methyl sites for hydroxylation is 1. The van der Waals surface area contributed by atoms with Crippen LogP contribution in [0.1, 0.15) is 37.1 Å². The molecule has 1 fully saturated rings. The first kappa shape index (κ1) is 13.1. The van der Waals surface area contributed by atoms with Gasteiger partial charge in [0.1, 0.15) is 5.52 Å². The minimum absolute atomic E-state index is 0.266. The minimum atomic E-state index is 0.266. The number of nitrogens with zero attached hydrogens (tertiary/aromatic N) is 2. The predicted molar refractivity (Wildman–Crippen MR) is 76.9 cm³/mol. The summed E-state index contributed by atoms with van der Waals surface area (Å²) < 4.78 is 5.48. The Morgan fingerprint density at radius 2 is 2.15 bits per heavy atom. The molecule has 1 N–H and O–H groups in total. The summed E-state index contributed by atoms with van der Waals surface area (Å²) >= 11 is 0. The molecule has 104 valence electrons. The van der Waals surface area contributed by atoms with E-state index in [1.807, 2.05) is 13.0 Å². The smallest absolute Gasteiger partial charge is 0.192 e. The van der Waals surface area contributed by atoms with Crippen LogP contribution in [-0.4, -0.2) is 11.0 Å². The first-order chi connectivity index (χ1) is 9.74. The van der Waals surface area contributed by atoms with Crippen LogP contribution in [0.15, 0.2) is 22.6 Å². The maximum atomic E-state index is 8.90. The highest BCUT2D eigenvalue weighted by Gasteiger charge is 2.20. The molecule has 0 bridgehead atoms. The summed E-state index contributed by atoms with van der Waals surface area (Å²) in [7, 11) is 0. The van der Waals surface area contributed by atoms with Gasteiger partial charge in [0.25, 0.3) is 0 Å². The van der Waals surface area contributed by atoms with E-state index in [0.717, 1.165) is 43.3 Å². The molecule has 0 spiro atoms. The van der Waals surface area contributed by atoms with Crippen molar-refractivity contribution in [2.24, 2.45) is 5.92 Å². The highest BCUT2D eigenvalue weighted by Crippen LogP contribution is 2.24. The van der Waals surface area contributed by atoms with E-state index in [1.165, 1.54) is 5.56 Å². The van der Waals surface area contributed by atoms with Gasteiger partial charge < -0.3 is 9.73 Å². The van der Waals surface area contributed by atoms with Gasteiger partial charge >= 0.3 is 0 Å². The van der Waals surface area contributed by atoms with Gasteiger partial charge in [-0.1, -0.05) is 6.07 Å². The molecule has 20 heavy (non-hydrogen) atoms. The van der Waals surface area contributed by atoms with Crippen molar-refractivity contribution in [2.75, 3.05) is 0 Å². The van der Waals surface area contributed by atoms with E-state index in [0.29, 0.717) is 11.9 Å². The third kappa shape index (κ3) is 2.83. The molecule has 1 heterocycles. The molecule has 0 unspecified atom stereocenters. The van der Waals surface area contributed by atoms with Crippen LogP contribution in [0.4, 0.5) is 0 Å². The largest absolute Gasteiger partial charge is 0.441 e. The van der Waals surface area contributed by atoms with Crippen molar-refractivity contribution in [3.05, 3.63) is 29.7 Å². The molecule has 3 rings (SSSR count). The monoisotopic (exact) mass is 269 g/mol. The molecule has 1 aliphatic carbocycles. The van der Waals surface area contributed by atoms with Gasteiger partial charge in [0.15, 0.2) is 11.5 Å². The van der Waals surface area contributed by atoms with Gasteiger partial charge in [0.05, 0.1) is 6.07 Å². The zero-order chi connectivity index (χ0) is 13.9. The van der Waals surface area contributed by atoms with Crippen LogP contribution in [0.2, 0.25) is 0 Å². The summed E-state index contributed by atoms with van der Waals surface area (Å²) in [4.78, 5) is 4.36. The van der Waals surface area contributed by atoms with Crippen LogP contribution in [-0.2, 0) is 6.54 Å². The first-order valence-electron chi connectivity index (χ1n) is 7.23. The van der Waals surface area contributed by atoms with Crippen LogP contribution in [0.25, 0.3) is 11.1 Å². The van der Waals surface area contributed by atoms with E-state index in [-0.39, 0.29) is 5.92 Å². The minimum Gasteiger partial charge on any atom is -0.441 e. The summed E-state index contributed by atoms with van der Waals surface area (Å²) in [5.41, 5.74) is 3.00. The summed E-state index contributed by atoms with van der Waals surface area (Å²) in [6.45, 7) is 2.72. The predicted octanol–water partition coefficient (Wildman–Crippen LogP) is 3.31. The highest BCUT2D eigenvalue weighted by atomic mass is 16.3. The van der Waals surface area contributed by atoms with Crippen LogP contribution < -0.4 is 5.32 Å². The lowest BCUT2D eigenvalue weighted by molar-refractivity contribution is 0.331. The number of nitrogens with one attached hydrogen (secondary N) is 1. The number of oxazole rings is 1. The Hall–Kier alpha value is -1.86. The normalized spacial score (nSPS) is 22.8. The molecule has 1 aromatic carbocycles. The molecule has 0 atom stereocenters. The molecule has 0 saturated heterocycles. The Morgan fingerprint density at radius 1 is 1.35 bits per heavy atom. The number of rotatable bonds is 3. The van der Waals surface area contributed by atoms with Crippen molar-refractivity contribution < 1.29 is 4.42 Å². The molecule has 1 aromatic heterocycles. The molecule has 1 saturated carbocycles. The number of aromatic nitrogens is 1. The van der Waals surface area contributed by atoms with Crippen molar-refractivity contribution in [1.29, 1.82) is 5.26 Å². The zero-order valence-corrected chi connectivity index (χ0v) is 11.7. The Bertz CT molecular complexity index is 633. The standard InChI is InChI=1S/C16H19N3O/c1-11-19-15-8-13(4-7-16(15)20-11)10-18-14-5-2-12(9-17)3-6-14/h4,7-8,12,14,18H,2-3,5-6,10H2,1H3. The van der Waals surface area contributed by atoms with E-state index in [2.05, 4.69) is 28.5 Å². The maximum absolute atomic E-state index is 8.90. The van der Waals surface area contributed by atoms with E-state index in [1.54, 1.807) is 0 Å². The van der Waals surface area contributed by atoms with Gasteiger partial charge in [-0.05, 0) is 43.4 Å². The van der Waals surface area contributed by atoms with Crippen LogP contribution >= 0.6 is 0 Å². The molecule has 0 aliphatic heterocycles. The van der Waals surface area contributed by atoms with E-state index in [9.17, 15) is 0 Å². The first-order valence-corrected chi connectivity index (χ1v) is 7.23. The average molecular weight is 269 g/mol. The third-order valence-electron chi connectivity index (χ3n) is 4.06. The number of fused-ring (bicyclic) bond motifs is 1. The fourth-order valence-electron chi connectivity index (χ4n) is 2.89. The number of hydrogen-bond acceptors (Lipinski definition) is 4. The quantitative estimate of drug-likeness (QED) is 0.928. The second-order valence-corrected chi connectivity index (χ2v) is 5.59. The van der Waals surface area contributed by atoms with Gasteiger partial charge in [-0.2, -0.15) is 5.26 Å². The molecule has 4 heteroatoms. The molecular formula is C16H19N3O. The van der Waals surface area contributed by atoms with Gasteiger partial charge in [0.2, 0.25) is 0 Å². The van der Waals surface area contributed by atoms with Gasteiger partial charge in [-0.15, -0.1) is 0 Å². The lowest BCUT2D eigenvalue weighted by Gasteiger charge is -2.25. The van der Waals surface area contributed by atoms with Gasteiger partial charge in [-0.3, -0.25) is 0 Å². The number of benzene rings is 1. The fourth-order valence-corrected chi connectivity index (χ4v) is 2.89. The Balaban J connectivity index is 1.58. The lowest BCUT2D eigenvalue weighted by atomic mass is 9.87. The number of hydrogen-bond donors (Lipinski definition) is 1. The second kappa shape index (κ2) is 5.64. The Morgan fingerprint density at radius 3 is 2.90 bits per heavy atom. The second-order valence-electron chi connectivity index (χ2n) is 5.59. The number of nitriles is 1. The SMILES string of the molecule is Cc1nc2cc(CNC3CCC(C#N)CC3)ccc2o1. The van der Waals surface area contributed by atoms with E-state index < -0.39 is 0 Å². The molecule has 0 radical (unpaired) electrons. The summed E-state index contributed by atoms with van der Waals surface area (Å²) in [5.74, 6) is 0.974. The molecule has 4 nitrogen and oxygen atoms in total. The average Bonchev–Trinajstić information content (AvgIpc) is 2.85. The summed E-state index contributed by atoms with van der Waals surface area (Å²) in [5, 5.41) is 12.5. The van der Waals surface area contributed by atoms with Crippen LogP contribution in [0.5, 0.6) is 0 Å². The van der Waals surface area contributed by atoms with E-state index in [4.69, 9.17) is 9.68 Å². The lowest BCUT2D eigenvalue weighted by Crippen LogP contribution is -2.32. The fraction of sp³-hybridized carbons (Fsp3) is 0.500. The Kier molecular flexibility index (Phi) is 3.70. The highest BCUT2D eigenvalue weighted by molar-refractivity contribution is 5.73. The van der Waals surface area contributed by atoms with Crippen molar-refractivity contribution >= 4 is 11.1 Å². The molecule has 2 aromatic rings. The maximum Gasteiger partial charge on any atom is 0.192 e. The van der Waals surface area contributed by atoms with Crippen LogP contribution in [0.3, 0.4) is 0 Å². The van der Waals surface area contributed by atoms with E-state index >= 15 is 0 Å². The molecule has 1 aliphatic rings. The summed E-state index contributed by atoms with van der Waals surface area (Å²) in [6, 6.07) is 9.06. The van der Waals surface area contributed by atoms with Crippen molar-refractivity contribution in [1.82, 2.24) is 10.3 Å². The molecular weight excluding hydrogens is 250 g/mol. The van der Waals surface area contributed by atoms with Gasteiger partial charge in [0, 0.05) is 25.4 Å². The zero-order valence-electron chi connectivity index (χ0n) is 11.7. The van der Waals surface area contributed by atoms with Crippen molar-refractivity contribution in [2.45, 2.75) is 45.2 Å². The topological polar surface area (TPSA) is 61.9 Å². The van der Waals surface area contributed by atoms with Crippen molar-refractivity contribution in [3.8, 4) is 6.07 Å².